The van der Waals surface area contributed by atoms with Crippen LogP contribution in [0.1, 0.15) is 45.1 Å². The number of ether oxygens (including phenoxy) is 1. The van der Waals surface area contributed by atoms with Crippen molar-refractivity contribution in [1.82, 2.24) is 5.32 Å². The van der Waals surface area contributed by atoms with Crippen molar-refractivity contribution in [3.05, 3.63) is 29.8 Å². The van der Waals surface area contributed by atoms with Crippen LogP contribution in [0.25, 0.3) is 0 Å². The maximum Gasteiger partial charge on any atom is 0.223 e. The number of hydrogen-bond acceptors (Lipinski definition) is 2. The van der Waals surface area contributed by atoms with Gasteiger partial charge in [-0.1, -0.05) is 56.7 Å². The monoisotopic (exact) mass is 301 g/mol. The van der Waals surface area contributed by atoms with E-state index in [1.807, 2.05) is 31.2 Å². The molecule has 1 aromatic carbocycles. The fourth-order valence-electron chi connectivity index (χ4n) is 2.32. The van der Waals surface area contributed by atoms with Crippen molar-refractivity contribution < 1.29 is 9.53 Å². The Morgan fingerprint density at radius 3 is 2.50 bits per heavy atom. The molecule has 0 fully saturated rings. The average Bonchev–Trinajstić information content (AvgIpc) is 2.52. The molecule has 0 aliphatic rings. The summed E-state index contributed by atoms with van der Waals surface area (Å²) in [6, 6.07) is 7.85. The van der Waals surface area contributed by atoms with Gasteiger partial charge < -0.3 is 10.1 Å². The highest BCUT2D eigenvalue weighted by Crippen LogP contribution is 2.15. The molecule has 0 bridgehead atoms. The largest absolute Gasteiger partial charge is 0.481 e. The van der Waals surface area contributed by atoms with Crippen LogP contribution in [0.4, 0.5) is 0 Å². The highest BCUT2D eigenvalue weighted by molar-refractivity contribution is 5.78. The highest BCUT2D eigenvalue weighted by Gasteiger charge is 2.15. The molecule has 0 saturated heterocycles. The number of nitrogens with one attached hydrogen (secondary N) is 1. The number of hydrogen-bond donors (Lipinski definition) is 1. The van der Waals surface area contributed by atoms with Crippen LogP contribution in [-0.2, 0) is 4.79 Å². The molecule has 0 radical (unpaired) electrons. The summed E-state index contributed by atoms with van der Waals surface area (Å²) in [7, 11) is 0. The van der Waals surface area contributed by atoms with Crippen LogP contribution < -0.4 is 10.1 Å². The van der Waals surface area contributed by atoms with Crippen LogP contribution in [-0.4, -0.2) is 19.1 Å². The SMILES string of the molecule is CCCC(CCC)C(=O)NCC#CCOc1ccccc1C. The lowest BCUT2D eigenvalue weighted by atomic mass is 9.97. The summed E-state index contributed by atoms with van der Waals surface area (Å²) in [6.45, 7) is 6.95. The Morgan fingerprint density at radius 1 is 1.18 bits per heavy atom. The zero-order valence-electron chi connectivity index (χ0n) is 13.9. The molecule has 0 spiro atoms. The third-order valence-electron chi connectivity index (χ3n) is 3.51. The number of amides is 1. The van der Waals surface area contributed by atoms with Crippen LogP contribution >= 0.6 is 0 Å². The second-order valence-corrected chi connectivity index (χ2v) is 5.40. The smallest absolute Gasteiger partial charge is 0.223 e. The molecule has 0 atom stereocenters. The van der Waals surface area contributed by atoms with Gasteiger partial charge in [-0.05, 0) is 31.4 Å². The van der Waals surface area contributed by atoms with E-state index in [2.05, 4.69) is 31.0 Å². The Bertz CT molecular complexity index is 508. The van der Waals surface area contributed by atoms with Crippen molar-refractivity contribution in [2.24, 2.45) is 5.92 Å². The van der Waals surface area contributed by atoms with Crippen molar-refractivity contribution in [2.45, 2.75) is 46.5 Å². The number of aryl methyl sites for hydroxylation is 1. The van der Waals surface area contributed by atoms with Gasteiger partial charge in [-0.15, -0.1) is 0 Å². The molecule has 3 heteroatoms. The van der Waals surface area contributed by atoms with Gasteiger partial charge in [0.05, 0.1) is 6.54 Å². The summed E-state index contributed by atoms with van der Waals surface area (Å²) in [6.07, 6.45) is 3.97. The van der Waals surface area contributed by atoms with Crippen molar-refractivity contribution in [3.63, 3.8) is 0 Å². The predicted molar refractivity (Wildman–Crippen MR) is 90.8 cm³/mol. The number of carbonyl (C=O) groups excluding carboxylic acids is 1. The van der Waals surface area contributed by atoms with Crippen molar-refractivity contribution in [2.75, 3.05) is 13.2 Å². The van der Waals surface area contributed by atoms with Crippen LogP contribution in [0, 0.1) is 24.7 Å². The fourth-order valence-corrected chi connectivity index (χ4v) is 2.32. The van der Waals surface area contributed by atoms with Crippen molar-refractivity contribution in [1.29, 1.82) is 0 Å². The molecule has 3 nitrogen and oxygen atoms in total. The molecule has 0 aliphatic carbocycles. The Kier molecular flexibility index (Phi) is 8.83. The average molecular weight is 301 g/mol. The molecule has 120 valence electrons. The predicted octanol–water partition coefficient (Wildman–Crippen LogP) is 3.71. The van der Waals surface area contributed by atoms with Crippen LogP contribution in [0.3, 0.4) is 0 Å². The first-order valence-corrected chi connectivity index (χ1v) is 8.10. The molecular weight excluding hydrogens is 274 g/mol. The zero-order valence-corrected chi connectivity index (χ0v) is 13.9. The number of rotatable bonds is 8. The molecule has 1 rings (SSSR count). The lowest BCUT2D eigenvalue weighted by Crippen LogP contribution is -2.31. The first-order valence-electron chi connectivity index (χ1n) is 8.10. The summed E-state index contributed by atoms with van der Waals surface area (Å²) >= 11 is 0. The minimum atomic E-state index is 0.123. The fraction of sp³-hybridized carbons (Fsp3) is 0.526. The van der Waals surface area contributed by atoms with Crippen molar-refractivity contribution in [3.8, 4) is 17.6 Å². The van der Waals surface area contributed by atoms with E-state index in [0.29, 0.717) is 13.2 Å². The summed E-state index contributed by atoms with van der Waals surface area (Å²) in [5.74, 6) is 6.97. The Morgan fingerprint density at radius 2 is 1.86 bits per heavy atom. The van der Waals surface area contributed by atoms with Gasteiger partial charge in [0, 0.05) is 5.92 Å². The van der Waals surface area contributed by atoms with Gasteiger partial charge in [-0.2, -0.15) is 0 Å². The first-order chi connectivity index (χ1) is 10.7. The third-order valence-corrected chi connectivity index (χ3v) is 3.51. The van der Waals surface area contributed by atoms with E-state index in [1.54, 1.807) is 0 Å². The maximum absolute atomic E-state index is 12.0. The number of benzene rings is 1. The van der Waals surface area contributed by atoms with Crippen molar-refractivity contribution >= 4 is 5.91 Å². The molecule has 0 aromatic heterocycles. The first kappa shape index (κ1) is 18.1. The molecule has 0 saturated carbocycles. The summed E-state index contributed by atoms with van der Waals surface area (Å²) < 4.78 is 5.58. The Labute approximate surface area is 134 Å². The third kappa shape index (κ3) is 6.67. The quantitative estimate of drug-likeness (QED) is 0.743. The Balaban J connectivity index is 2.29. The van der Waals surface area contributed by atoms with Gasteiger partial charge in [0.15, 0.2) is 0 Å². The molecule has 0 unspecified atom stereocenters. The second-order valence-electron chi connectivity index (χ2n) is 5.40. The van der Waals surface area contributed by atoms with Gasteiger partial charge in [-0.3, -0.25) is 4.79 Å². The normalized spacial score (nSPS) is 10.0. The zero-order chi connectivity index (χ0) is 16.2. The molecule has 1 N–H and O–H groups in total. The topological polar surface area (TPSA) is 38.3 Å². The van der Waals surface area contributed by atoms with E-state index in [4.69, 9.17) is 4.74 Å². The lowest BCUT2D eigenvalue weighted by Gasteiger charge is -2.13. The van der Waals surface area contributed by atoms with E-state index in [9.17, 15) is 4.79 Å². The van der Waals surface area contributed by atoms with Crippen LogP contribution in [0.15, 0.2) is 24.3 Å². The summed E-state index contributed by atoms with van der Waals surface area (Å²) in [5.41, 5.74) is 1.10. The van der Waals surface area contributed by atoms with E-state index < -0.39 is 0 Å². The lowest BCUT2D eigenvalue weighted by molar-refractivity contribution is -0.125. The molecule has 22 heavy (non-hydrogen) atoms. The summed E-state index contributed by atoms with van der Waals surface area (Å²) in [5, 5.41) is 2.89. The minimum absolute atomic E-state index is 0.123. The van der Waals surface area contributed by atoms with E-state index in [-0.39, 0.29) is 11.8 Å². The standard InChI is InChI=1S/C19H27NO2/c1-4-10-17(11-5-2)19(21)20-14-8-9-15-22-18-13-7-6-12-16(18)3/h6-7,12-13,17H,4-5,10-11,14-15H2,1-3H3,(H,20,21). The van der Waals surface area contributed by atoms with Crippen LogP contribution in [0.2, 0.25) is 0 Å². The maximum atomic E-state index is 12.0. The highest BCUT2D eigenvalue weighted by atomic mass is 16.5. The van der Waals surface area contributed by atoms with Gasteiger partial charge in [0.1, 0.15) is 12.4 Å². The van der Waals surface area contributed by atoms with Gasteiger partial charge in [-0.25, -0.2) is 0 Å². The van der Waals surface area contributed by atoms with Gasteiger partial charge in [0.2, 0.25) is 5.91 Å². The summed E-state index contributed by atoms with van der Waals surface area (Å²) in [4.78, 5) is 12.0. The molecule has 0 heterocycles. The molecule has 1 amide bonds. The number of para-hydroxylation sites is 1. The minimum Gasteiger partial charge on any atom is -0.481 e. The molecule has 0 aliphatic heterocycles. The Hall–Kier alpha value is -1.95. The molecular formula is C19H27NO2. The van der Waals surface area contributed by atoms with Gasteiger partial charge >= 0.3 is 0 Å². The van der Waals surface area contributed by atoms with Gasteiger partial charge in [0.25, 0.3) is 0 Å². The molecule has 1 aromatic rings. The second kappa shape index (κ2) is 10.7. The van der Waals surface area contributed by atoms with E-state index in [1.165, 1.54) is 0 Å². The number of carbonyl (C=O) groups is 1. The van der Waals surface area contributed by atoms with E-state index in [0.717, 1.165) is 37.0 Å². The van der Waals surface area contributed by atoms with Crippen LogP contribution in [0.5, 0.6) is 5.75 Å². The van der Waals surface area contributed by atoms with E-state index >= 15 is 0 Å².